The summed E-state index contributed by atoms with van der Waals surface area (Å²) >= 11 is 1.68. The second kappa shape index (κ2) is 8.22. The van der Waals surface area contributed by atoms with Gasteiger partial charge in [-0.05, 0) is 17.2 Å². The third-order valence-electron chi connectivity index (χ3n) is 4.71. The maximum absolute atomic E-state index is 6.27. The first kappa shape index (κ1) is 17.5. The lowest BCUT2D eigenvalue weighted by molar-refractivity contribution is 0.380. The highest BCUT2D eigenvalue weighted by molar-refractivity contribution is 7.13. The van der Waals surface area contributed by atoms with Gasteiger partial charge in [0.25, 0.3) is 0 Å². The maximum Gasteiger partial charge on any atom is 0.191 e. The summed E-state index contributed by atoms with van der Waals surface area (Å²) in [7, 11) is 0. The van der Waals surface area contributed by atoms with Crippen LogP contribution >= 0.6 is 11.3 Å². The molecule has 0 spiro atoms. The van der Waals surface area contributed by atoms with E-state index in [9.17, 15) is 0 Å². The van der Waals surface area contributed by atoms with Gasteiger partial charge in [0.15, 0.2) is 11.1 Å². The normalized spacial score (nSPS) is 15.3. The first-order chi connectivity index (χ1) is 13.3. The maximum atomic E-state index is 6.27. The predicted molar refractivity (Wildman–Crippen MR) is 109 cm³/mol. The lowest BCUT2D eigenvalue weighted by Crippen LogP contribution is -2.51. The van der Waals surface area contributed by atoms with Gasteiger partial charge in [0.05, 0.1) is 13.1 Å². The fraction of sp³-hybridized carbons (Fsp3) is 0.316. The summed E-state index contributed by atoms with van der Waals surface area (Å²) in [5, 5.41) is 7.38. The van der Waals surface area contributed by atoms with Crippen LogP contribution < -0.4 is 10.6 Å². The van der Waals surface area contributed by atoms with Crippen LogP contribution in [0.25, 0.3) is 0 Å². The molecule has 3 aromatic rings. The Morgan fingerprint density at radius 2 is 1.89 bits per heavy atom. The molecule has 1 aliphatic heterocycles. The van der Waals surface area contributed by atoms with E-state index in [0.29, 0.717) is 12.5 Å². The van der Waals surface area contributed by atoms with Gasteiger partial charge in [-0.1, -0.05) is 24.3 Å². The van der Waals surface area contributed by atoms with E-state index in [1.807, 2.05) is 40.7 Å². The topological polar surface area (TPSA) is 75.6 Å². The molecule has 1 aliphatic rings. The number of rotatable bonds is 5. The van der Waals surface area contributed by atoms with Gasteiger partial charge in [0.1, 0.15) is 0 Å². The number of aromatic nitrogens is 3. The summed E-state index contributed by atoms with van der Waals surface area (Å²) in [6.07, 6.45) is 5.61. The van der Waals surface area contributed by atoms with Crippen molar-refractivity contribution in [2.24, 2.45) is 10.7 Å². The zero-order valence-electron chi connectivity index (χ0n) is 15.1. The number of anilines is 1. The van der Waals surface area contributed by atoms with Crippen molar-refractivity contribution < 1.29 is 0 Å². The molecule has 0 radical (unpaired) electrons. The Labute approximate surface area is 162 Å². The van der Waals surface area contributed by atoms with Crippen molar-refractivity contribution >= 4 is 22.4 Å². The highest BCUT2D eigenvalue weighted by atomic mass is 32.1. The second-order valence-electron chi connectivity index (χ2n) is 6.44. The Balaban J connectivity index is 1.37. The monoisotopic (exact) mass is 381 g/mol. The molecule has 1 saturated heterocycles. The predicted octanol–water partition coefficient (Wildman–Crippen LogP) is 2.02. The molecule has 140 valence electrons. The summed E-state index contributed by atoms with van der Waals surface area (Å²) in [5.41, 5.74) is 8.67. The van der Waals surface area contributed by atoms with E-state index >= 15 is 0 Å². The van der Waals surface area contributed by atoms with Crippen LogP contribution in [0.3, 0.4) is 0 Å². The number of nitrogens with zero attached hydrogens (tertiary/aromatic N) is 6. The fourth-order valence-corrected chi connectivity index (χ4v) is 3.90. The van der Waals surface area contributed by atoms with Crippen molar-refractivity contribution in [1.82, 2.24) is 19.7 Å². The van der Waals surface area contributed by atoms with E-state index in [1.54, 1.807) is 17.5 Å². The van der Waals surface area contributed by atoms with E-state index in [2.05, 4.69) is 37.0 Å². The number of thiazole rings is 1. The molecular weight excluding hydrogens is 358 g/mol. The van der Waals surface area contributed by atoms with Gasteiger partial charge in [-0.15, -0.1) is 11.3 Å². The van der Waals surface area contributed by atoms with Crippen molar-refractivity contribution in [3.05, 3.63) is 65.4 Å². The minimum atomic E-state index is 0.579. The van der Waals surface area contributed by atoms with Crippen LogP contribution in [-0.2, 0) is 13.1 Å². The molecule has 0 atom stereocenters. The van der Waals surface area contributed by atoms with Gasteiger partial charge in [-0.25, -0.2) is 9.98 Å². The summed E-state index contributed by atoms with van der Waals surface area (Å²) in [4.78, 5) is 13.5. The molecule has 0 aliphatic carbocycles. The Kier molecular flexibility index (Phi) is 5.34. The molecule has 2 N–H and O–H groups in total. The smallest absolute Gasteiger partial charge is 0.191 e. The van der Waals surface area contributed by atoms with Crippen LogP contribution in [0.5, 0.6) is 0 Å². The average molecular weight is 382 g/mol. The van der Waals surface area contributed by atoms with Gasteiger partial charge < -0.3 is 15.5 Å². The molecule has 1 fully saturated rings. The zero-order chi connectivity index (χ0) is 18.5. The SMILES string of the molecule is NC(=NCc1ccccc1Cn1cccn1)N1CCN(c2nccs2)CC1. The minimum Gasteiger partial charge on any atom is -0.370 e. The third-order valence-corrected chi connectivity index (χ3v) is 5.55. The van der Waals surface area contributed by atoms with Gasteiger partial charge >= 0.3 is 0 Å². The van der Waals surface area contributed by atoms with E-state index < -0.39 is 0 Å². The summed E-state index contributed by atoms with van der Waals surface area (Å²) in [5.74, 6) is 0.614. The second-order valence-corrected chi connectivity index (χ2v) is 7.31. The number of aliphatic imine (C=N–C) groups is 1. The molecule has 0 bridgehead atoms. The van der Waals surface area contributed by atoms with Crippen molar-refractivity contribution in [3.8, 4) is 0 Å². The highest BCUT2D eigenvalue weighted by Crippen LogP contribution is 2.19. The van der Waals surface area contributed by atoms with Crippen LogP contribution in [0.2, 0.25) is 0 Å². The first-order valence-corrected chi connectivity index (χ1v) is 9.91. The van der Waals surface area contributed by atoms with Crippen molar-refractivity contribution in [3.63, 3.8) is 0 Å². The van der Waals surface area contributed by atoms with E-state index in [-0.39, 0.29) is 0 Å². The summed E-state index contributed by atoms with van der Waals surface area (Å²) in [6.45, 7) is 4.88. The first-order valence-electron chi connectivity index (χ1n) is 9.03. The molecule has 2 aromatic heterocycles. The number of nitrogens with two attached hydrogens (primary N) is 1. The molecule has 7 nitrogen and oxygen atoms in total. The standard InChI is InChI=1S/C19H23N7S/c20-18(24-9-11-25(12-10-24)19-21-7-13-27-19)22-14-16-4-1-2-5-17(16)15-26-8-3-6-23-26/h1-8,13H,9-12,14-15H2,(H2,20,22). The molecule has 1 aromatic carbocycles. The van der Waals surface area contributed by atoms with Crippen LogP contribution in [0.4, 0.5) is 5.13 Å². The summed E-state index contributed by atoms with van der Waals surface area (Å²) < 4.78 is 1.92. The van der Waals surface area contributed by atoms with Crippen molar-refractivity contribution in [1.29, 1.82) is 0 Å². The number of guanidine groups is 1. The molecule has 0 saturated carbocycles. The Hall–Kier alpha value is -2.87. The highest BCUT2D eigenvalue weighted by Gasteiger charge is 2.19. The number of hydrogen-bond acceptors (Lipinski definition) is 5. The Morgan fingerprint density at radius 1 is 1.07 bits per heavy atom. The molecule has 27 heavy (non-hydrogen) atoms. The number of hydrogen-bond donors (Lipinski definition) is 1. The zero-order valence-corrected chi connectivity index (χ0v) is 15.9. The molecule has 0 unspecified atom stereocenters. The number of benzene rings is 1. The third kappa shape index (κ3) is 4.28. The van der Waals surface area contributed by atoms with Crippen LogP contribution in [0.15, 0.2) is 59.3 Å². The lowest BCUT2D eigenvalue weighted by Gasteiger charge is -2.35. The molecule has 3 heterocycles. The van der Waals surface area contributed by atoms with Crippen LogP contribution in [0, 0.1) is 0 Å². The Morgan fingerprint density at radius 3 is 2.59 bits per heavy atom. The van der Waals surface area contributed by atoms with Gasteiger partial charge in [-0.2, -0.15) is 5.10 Å². The molecule has 8 heteroatoms. The van der Waals surface area contributed by atoms with E-state index in [4.69, 9.17) is 5.73 Å². The average Bonchev–Trinajstić information content (AvgIpc) is 3.41. The van der Waals surface area contributed by atoms with E-state index in [1.165, 1.54) is 11.1 Å². The van der Waals surface area contributed by atoms with Crippen molar-refractivity contribution in [2.75, 3.05) is 31.1 Å². The largest absolute Gasteiger partial charge is 0.370 e. The fourth-order valence-electron chi connectivity index (χ4n) is 3.20. The van der Waals surface area contributed by atoms with Gasteiger partial charge in [0, 0.05) is 50.1 Å². The minimum absolute atomic E-state index is 0.579. The molecule has 0 amide bonds. The summed E-state index contributed by atoms with van der Waals surface area (Å²) in [6, 6.07) is 10.3. The molecule has 4 rings (SSSR count). The van der Waals surface area contributed by atoms with Crippen molar-refractivity contribution in [2.45, 2.75) is 13.1 Å². The van der Waals surface area contributed by atoms with Gasteiger partial charge in [-0.3, -0.25) is 4.68 Å². The Bertz CT molecular complexity index is 865. The lowest BCUT2D eigenvalue weighted by atomic mass is 10.1. The van der Waals surface area contributed by atoms with Crippen LogP contribution in [0.1, 0.15) is 11.1 Å². The van der Waals surface area contributed by atoms with Gasteiger partial charge in [0.2, 0.25) is 0 Å². The molecular formula is C19H23N7S. The van der Waals surface area contributed by atoms with E-state index in [0.717, 1.165) is 37.9 Å². The quantitative estimate of drug-likeness (QED) is 0.541. The van der Waals surface area contributed by atoms with Crippen LogP contribution in [-0.4, -0.2) is 51.8 Å². The number of piperazine rings is 1.